The smallest absolute Gasteiger partial charge is 0.0870 e. The highest BCUT2D eigenvalue weighted by Crippen LogP contribution is 2.50. The zero-order chi connectivity index (χ0) is 34.4. The topological polar surface area (TPSA) is 12.5 Å². The van der Waals surface area contributed by atoms with Crippen LogP contribution in [0.4, 0.5) is 0 Å². The summed E-state index contributed by atoms with van der Waals surface area (Å²) in [6.07, 6.45) is 50.7. The standard InChI is InChI=1S/C50H57NO/c1-3-10-34(11-4-1)35-20-25-41(26-21-35)51(43-29-30-45-40(32-43)19-18-38-14-7-8-15-44(38)45)42-27-22-36(23-28-42)39-24-31-49-48(33-39)47-17-9-16-46(50(47)52-49)37-12-5-2-6-13-37/h2-3,5-7,10,12-14,16,20,24-25,27,31-36,41,47-50H,1,4,8-9,11,15,17-19,21-23,26,28-30H2. The highest BCUT2D eigenvalue weighted by atomic mass is 16.5. The Bertz CT molecular complexity index is 1870. The second-order valence-electron chi connectivity index (χ2n) is 17.2. The molecule has 2 nitrogen and oxygen atoms in total. The molecule has 1 saturated heterocycles. The van der Waals surface area contributed by atoms with E-state index in [2.05, 4.69) is 108 Å². The summed E-state index contributed by atoms with van der Waals surface area (Å²) >= 11 is 0. The lowest BCUT2D eigenvalue weighted by Gasteiger charge is -2.43. The van der Waals surface area contributed by atoms with Crippen molar-refractivity contribution < 1.29 is 4.74 Å². The zero-order valence-electron chi connectivity index (χ0n) is 31.1. The first kappa shape index (κ1) is 33.0. The van der Waals surface area contributed by atoms with E-state index in [1.54, 1.807) is 39.3 Å². The lowest BCUT2D eigenvalue weighted by Crippen LogP contribution is -2.37. The van der Waals surface area contributed by atoms with Crippen LogP contribution >= 0.6 is 0 Å². The van der Waals surface area contributed by atoms with Gasteiger partial charge in [0.2, 0.25) is 0 Å². The molecule has 0 N–H and O–H groups in total. The molecule has 1 aliphatic heterocycles. The maximum absolute atomic E-state index is 6.82. The van der Waals surface area contributed by atoms with E-state index in [1.165, 1.54) is 101 Å². The third-order valence-corrected chi connectivity index (χ3v) is 14.4. The minimum Gasteiger partial charge on any atom is -0.365 e. The molecule has 8 atom stereocenters. The number of allylic oxidation sites excluding steroid dienone is 16. The van der Waals surface area contributed by atoms with Gasteiger partial charge in [0.1, 0.15) is 0 Å². The Kier molecular flexibility index (Phi) is 9.08. The molecule has 8 unspecified atom stereocenters. The fourth-order valence-corrected chi connectivity index (χ4v) is 11.7. The van der Waals surface area contributed by atoms with Gasteiger partial charge in [0.25, 0.3) is 0 Å². The van der Waals surface area contributed by atoms with Crippen LogP contribution in [0.3, 0.4) is 0 Å². The summed E-state index contributed by atoms with van der Waals surface area (Å²) in [6, 6.07) is 11.5. The van der Waals surface area contributed by atoms with Crippen LogP contribution in [-0.4, -0.2) is 23.1 Å². The van der Waals surface area contributed by atoms with E-state index < -0.39 is 0 Å². The summed E-state index contributed by atoms with van der Waals surface area (Å²) in [4.78, 5) is 2.87. The van der Waals surface area contributed by atoms with Crippen LogP contribution in [0.2, 0.25) is 0 Å². The molecular formula is C50H57NO. The van der Waals surface area contributed by atoms with Crippen molar-refractivity contribution in [3.8, 4) is 0 Å². The number of fused-ring (bicyclic) bond motifs is 4. The van der Waals surface area contributed by atoms with E-state index in [-0.39, 0.29) is 12.2 Å². The molecule has 268 valence electrons. The third kappa shape index (κ3) is 6.17. The van der Waals surface area contributed by atoms with Gasteiger partial charge in [0, 0.05) is 17.3 Å². The lowest BCUT2D eigenvalue weighted by atomic mass is 9.73. The minimum absolute atomic E-state index is 0.217. The normalized spacial score (nSPS) is 35.2. The predicted octanol–water partition coefficient (Wildman–Crippen LogP) is 12.5. The van der Waals surface area contributed by atoms with Crippen LogP contribution in [0.5, 0.6) is 0 Å². The van der Waals surface area contributed by atoms with Crippen molar-refractivity contribution >= 4 is 5.57 Å². The van der Waals surface area contributed by atoms with Gasteiger partial charge in [-0.15, -0.1) is 0 Å². The van der Waals surface area contributed by atoms with Gasteiger partial charge >= 0.3 is 0 Å². The van der Waals surface area contributed by atoms with Gasteiger partial charge in [-0.2, -0.15) is 0 Å². The summed E-state index contributed by atoms with van der Waals surface area (Å²) < 4.78 is 6.82. The van der Waals surface area contributed by atoms with Crippen LogP contribution in [0.1, 0.15) is 108 Å². The molecule has 0 bridgehead atoms. The van der Waals surface area contributed by atoms with Crippen LogP contribution in [0.15, 0.2) is 143 Å². The number of benzene rings is 1. The van der Waals surface area contributed by atoms with Gasteiger partial charge in [-0.05, 0) is 171 Å². The molecular weight excluding hydrogens is 631 g/mol. The largest absolute Gasteiger partial charge is 0.365 e. The highest BCUT2D eigenvalue weighted by molar-refractivity contribution is 5.70. The van der Waals surface area contributed by atoms with Crippen molar-refractivity contribution in [2.75, 3.05) is 0 Å². The minimum atomic E-state index is 0.217. The fraction of sp³-hybridized carbons (Fsp3) is 0.480. The number of ether oxygens (including phenoxy) is 1. The second kappa shape index (κ2) is 14.3. The van der Waals surface area contributed by atoms with Crippen molar-refractivity contribution in [3.63, 3.8) is 0 Å². The molecule has 0 spiro atoms. The Hall–Kier alpha value is -3.62. The van der Waals surface area contributed by atoms with Crippen LogP contribution in [-0.2, 0) is 4.74 Å². The van der Waals surface area contributed by atoms with Crippen LogP contribution in [0, 0.1) is 29.6 Å². The van der Waals surface area contributed by atoms with E-state index in [9.17, 15) is 0 Å². The lowest BCUT2D eigenvalue weighted by molar-refractivity contribution is 0.0885. The average molecular weight is 688 g/mol. The van der Waals surface area contributed by atoms with Crippen molar-refractivity contribution in [1.29, 1.82) is 0 Å². The Balaban J connectivity index is 0.901. The molecule has 1 aromatic carbocycles. The molecule has 8 aliphatic carbocycles. The molecule has 9 aliphatic rings. The van der Waals surface area contributed by atoms with Crippen LogP contribution in [0.25, 0.3) is 5.57 Å². The second-order valence-corrected chi connectivity index (χ2v) is 17.2. The predicted molar refractivity (Wildman–Crippen MR) is 215 cm³/mol. The maximum Gasteiger partial charge on any atom is 0.0870 e. The molecule has 0 saturated carbocycles. The zero-order valence-corrected chi connectivity index (χ0v) is 31.1. The Morgan fingerprint density at radius 3 is 2.40 bits per heavy atom. The van der Waals surface area contributed by atoms with E-state index >= 15 is 0 Å². The van der Waals surface area contributed by atoms with E-state index in [4.69, 9.17) is 4.74 Å². The Morgan fingerprint density at radius 1 is 0.654 bits per heavy atom. The van der Waals surface area contributed by atoms with Gasteiger partial charge in [-0.3, -0.25) is 0 Å². The first-order chi connectivity index (χ1) is 25.8. The summed E-state index contributed by atoms with van der Waals surface area (Å²) in [5, 5.41) is 0. The fourth-order valence-electron chi connectivity index (χ4n) is 11.7. The van der Waals surface area contributed by atoms with Gasteiger partial charge in [-0.25, -0.2) is 0 Å². The molecule has 0 amide bonds. The van der Waals surface area contributed by atoms with Gasteiger partial charge in [-0.1, -0.05) is 97.2 Å². The molecule has 1 fully saturated rings. The molecule has 52 heavy (non-hydrogen) atoms. The summed E-state index contributed by atoms with van der Waals surface area (Å²) in [7, 11) is 0. The van der Waals surface area contributed by atoms with E-state index in [0.717, 1.165) is 18.8 Å². The average Bonchev–Trinajstić information content (AvgIpc) is 3.60. The first-order valence-corrected chi connectivity index (χ1v) is 21.2. The van der Waals surface area contributed by atoms with Crippen molar-refractivity contribution in [1.82, 2.24) is 4.90 Å². The monoisotopic (exact) mass is 687 g/mol. The Morgan fingerprint density at radius 2 is 1.56 bits per heavy atom. The molecule has 0 radical (unpaired) electrons. The number of nitrogens with zero attached hydrogens (tertiary/aromatic N) is 1. The highest BCUT2D eigenvalue weighted by Gasteiger charge is 2.46. The number of rotatable bonds is 6. The third-order valence-electron chi connectivity index (χ3n) is 14.4. The SMILES string of the molecule is C1=CC(C2C=CC(N(C3=CC4=C(CC3)C3=C(C=CCC3)CC4)C3=CCC(C4=CC5C(C=C4)OC4C(c6ccccc6)=CCCC45)CC3)CC2)CCC1. The molecule has 10 rings (SSSR count). The van der Waals surface area contributed by atoms with Crippen molar-refractivity contribution in [2.24, 2.45) is 29.6 Å². The quantitative estimate of drug-likeness (QED) is 0.276. The summed E-state index contributed by atoms with van der Waals surface area (Å²) in [5.41, 5.74) is 14.2. The Labute approximate surface area is 312 Å². The summed E-state index contributed by atoms with van der Waals surface area (Å²) in [5.74, 6) is 3.15. The van der Waals surface area contributed by atoms with Crippen molar-refractivity contribution in [2.45, 2.75) is 121 Å². The van der Waals surface area contributed by atoms with Gasteiger partial charge in [0.05, 0.1) is 18.2 Å². The van der Waals surface area contributed by atoms with E-state index in [0.29, 0.717) is 29.7 Å². The molecule has 2 heteroatoms. The van der Waals surface area contributed by atoms with Crippen LogP contribution < -0.4 is 0 Å². The maximum atomic E-state index is 6.82. The number of hydrogen-bond donors (Lipinski definition) is 0. The first-order valence-electron chi connectivity index (χ1n) is 21.2. The van der Waals surface area contributed by atoms with E-state index in [1.807, 2.05) is 0 Å². The van der Waals surface area contributed by atoms with Gasteiger partial charge in [0.15, 0.2) is 0 Å². The number of hydrogen-bond acceptors (Lipinski definition) is 2. The molecule has 1 aromatic rings. The molecule has 0 aromatic heterocycles. The molecule has 1 heterocycles. The van der Waals surface area contributed by atoms with Gasteiger partial charge < -0.3 is 9.64 Å². The summed E-state index contributed by atoms with van der Waals surface area (Å²) in [6.45, 7) is 0. The van der Waals surface area contributed by atoms with Crippen molar-refractivity contribution in [3.05, 3.63) is 148 Å².